The number of rotatable bonds is 1. The summed E-state index contributed by atoms with van der Waals surface area (Å²) in [7, 11) is 0. The number of nitrogens with zero attached hydrogens (tertiary/aromatic N) is 5. The molecule has 0 atom stereocenters. The Labute approximate surface area is 81.1 Å². The van der Waals surface area contributed by atoms with Gasteiger partial charge in [0.2, 0.25) is 5.65 Å². The van der Waals surface area contributed by atoms with Crippen LogP contribution in [0.5, 0.6) is 0 Å². The molecule has 14 heavy (non-hydrogen) atoms. The van der Waals surface area contributed by atoms with Gasteiger partial charge in [0.05, 0.1) is 17.4 Å². The lowest BCUT2D eigenvalue weighted by molar-refractivity contribution is 0.524. The van der Waals surface area contributed by atoms with Crippen LogP contribution in [0.1, 0.15) is 25.6 Å². The van der Waals surface area contributed by atoms with E-state index in [1.54, 1.807) is 11.6 Å². The molecule has 6 nitrogen and oxygen atoms in total. The standard InChI is InChI=1S/C8H12N6/c1-4(2)14-8-7(11-13-14)6(9)5(3)10-12-8/h4H,1-3H3,(H2,9,12). The van der Waals surface area contributed by atoms with Gasteiger partial charge >= 0.3 is 0 Å². The zero-order valence-corrected chi connectivity index (χ0v) is 8.39. The highest BCUT2D eigenvalue weighted by Crippen LogP contribution is 2.19. The van der Waals surface area contributed by atoms with Crippen LogP contribution in [-0.2, 0) is 0 Å². The first kappa shape index (κ1) is 8.86. The summed E-state index contributed by atoms with van der Waals surface area (Å²) in [6.07, 6.45) is 0. The van der Waals surface area contributed by atoms with E-state index >= 15 is 0 Å². The van der Waals surface area contributed by atoms with Crippen molar-refractivity contribution in [3.63, 3.8) is 0 Å². The first-order valence-corrected chi connectivity index (χ1v) is 4.45. The summed E-state index contributed by atoms with van der Waals surface area (Å²) in [6, 6.07) is 0.205. The van der Waals surface area contributed by atoms with Gasteiger partial charge in [-0.3, -0.25) is 0 Å². The Balaban J connectivity index is 2.77. The molecule has 2 rings (SSSR count). The number of aryl methyl sites for hydroxylation is 1. The maximum atomic E-state index is 5.81. The lowest BCUT2D eigenvalue weighted by atomic mass is 10.3. The third-order valence-electron chi connectivity index (χ3n) is 2.10. The molecule has 0 fully saturated rings. The fraction of sp³-hybridized carbons (Fsp3) is 0.500. The number of nitrogens with two attached hydrogens (primary N) is 1. The van der Waals surface area contributed by atoms with Gasteiger partial charge in [-0.15, -0.1) is 10.2 Å². The Hall–Kier alpha value is -1.72. The quantitative estimate of drug-likeness (QED) is 0.718. The van der Waals surface area contributed by atoms with Crippen LogP contribution >= 0.6 is 0 Å². The van der Waals surface area contributed by atoms with Crippen molar-refractivity contribution < 1.29 is 0 Å². The summed E-state index contributed by atoms with van der Waals surface area (Å²) in [5.74, 6) is 0. The minimum atomic E-state index is 0.205. The molecule has 0 spiro atoms. The molecular formula is C8H12N6. The van der Waals surface area contributed by atoms with E-state index < -0.39 is 0 Å². The molecule has 0 saturated heterocycles. The second-order valence-corrected chi connectivity index (χ2v) is 3.50. The smallest absolute Gasteiger partial charge is 0.203 e. The first-order chi connectivity index (χ1) is 6.61. The molecule has 0 unspecified atom stereocenters. The normalized spacial score (nSPS) is 11.4. The molecule has 2 aromatic heterocycles. The molecule has 2 N–H and O–H groups in total. The number of nitrogen functional groups attached to an aromatic ring is 1. The minimum Gasteiger partial charge on any atom is -0.395 e. The van der Waals surface area contributed by atoms with Crippen LogP contribution < -0.4 is 5.73 Å². The summed E-state index contributed by atoms with van der Waals surface area (Å²) in [5, 5.41) is 15.9. The van der Waals surface area contributed by atoms with Crippen LogP contribution in [0.3, 0.4) is 0 Å². The molecule has 74 valence electrons. The lowest BCUT2D eigenvalue weighted by Crippen LogP contribution is -2.05. The van der Waals surface area contributed by atoms with Crippen molar-refractivity contribution in [2.45, 2.75) is 26.8 Å². The maximum Gasteiger partial charge on any atom is 0.203 e. The Morgan fingerprint density at radius 2 is 1.93 bits per heavy atom. The number of hydrogen-bond acceptors (Lipinski definition) is 5. The highest BCUT2D eigenvalue weighted by Gasteiger charge is 2.13. The highest BCUT2D eigenvalue weighted by molar-refractivity contribution is 5.83. The van der Waals surface area contributed by atoms with Crippen LogP contribution in [0.15, 0.2) is 0 Å². The van der Waals surface area contributed by atoms with Gasteiger partial charge in [0.25, 0.3) is 0 Å². The molecule has 0 aliphatic rings. The number of aromatic nitrogens is 5. The highest BCUT2D eigenvalue weighted by atomic mass is 15.5. The fourth-order valence-corrected chi connectivity index (χ4v) is 1.25. The van der Waals surface area contributed by atoms with E-state index in [2.05, 4.69) is 20.5 Å². The molecule has 0 saturated carbocycles. The average molecular weight is 192 g/mol. The van der Waals surface area contributed by atoms with Gasteiger partial charge in [-0.2, -0.15) is 5.10 Å². The lowest BCUT2D eigenvalue weighted by Gasteiger charge is -2.04. The summed E-state index contributed by atoms with van der Waals surface area (Å²) >= 11 is 0. The summed E-state index contributed by atoms with van der Waals surface area (Å²) < 4.78 is 1.71. The number of anilines is 1. The second-order valence-electron chi connectivity index (χ2n) is 3.50. The minimum absolute atomic E-state index is 0.205. The monoisotopic (exact) mass is 192 g/mol. The third-order valence-corrected chi connectivity index (χ3v) is 2.10. The molecule has 2 heterocycles. The van der Waals surface area contributed by atoms with E-state index in [1.165, 1.54) is 0 Å². The molecule has 0 bridgehead atoms. The Kier molecular flexibility index (Phi) is 1.83. The molecular weight excluding hydrogens is 180 g/mol. The van der Waals surface area contributed by atoms with Crippen LogP contribution in [0, 0.1) is 6.92 Å². The van der Waals surface area contributed by atoms with Crippen LogP contribution in [0.4, 0.5) is 5.69 Å². The largest absolute Gasteiger partial charge is 0.395 e. The van der Waals surface area contributed by atoms with Crippen molar-refractivity contribution in [1.82, 2.24) is 25.2 Å². The maximum absolute atomic E-state index is 5.81. The van der Waals surface area contributed by atoms with Gasteiger partial charge in [-0.05, 0) is 20.8 Å². The van der Waals surface area contributed by atoms with Gasteiger partial charge in [0.15, 0.2) is 5.52 Å². The van der Waals surface area contributed by atoms with Gasteiger partial charge in [-0.1, -0.05) is 5.21 Å². The van der Waals surface area contributed by atoms with E-state index in [1.807, 2.05) is 13.8 Å². The van der Waals surface area contributed by atoms with E-state index in [-0.39, 0.29) is 6.04 Å². The molecule has 0 amide bonds. The molecule has 2 aromatic rings. The topological polar surface area (TPSA) is 82.5 Å². The predicted molar refractivity (Wildman–Crippen MR) is 52.7 cm³/mol. The predicted octanol–water partition coefficient (Wildman–Crippen LogP) is 0.693. The summed E-state index contributed by atoms with van der Waals surface area (Å²) in [6.45, 7) is 5.81. The van der Waals surface area contributed by atoms with Crippen molar-refractivity contribution in [1.29, 1.82) is 0 Å². The van der Waals surface area contributed by atoms with Gasteiger partial charge in [0.1, 0.15) is 0 Å². The zero-order valence-electron chi connectivity index (χ0n) is 8.39. The first-order valence-electron chi connectivity index (χ1n) is 4.45. The fourth-order valence-electron chi connectivity index (χ4n) is 1.25. The van der Waals surface area contributed by atoms with Crippen LogP contribution in [-0.4, -0.2) is 25.2 Å². The van der Waals surface area contributed by atoms with Crippen molar-refractivity contribution in [2.75, 3.05) is 5.73 Å². The number of fused-ring (bicyclic) bond motifs is 1. The van der Waals surface area contributed by atoms with Crippen LogP contribution in [0.2, 0.25) is 0 Å². The van der Waals surface area contributed by atoms with Crippen molar-refractivity contribution in [3.8, 4) is 0 Å². The van der Waals surface area contributed by atoms with Gasteiger partial charge in [0, 0.05) is 0 Å². The SMILES string of the molecule is Cc1nnc2c(nnn2C(C)C)c1N. The van der Waals surface area contributed by atoms with Crippen molar-refractivity contribution >= 4 is 16.9 Å². The third kappa shape index (κ3) is 1.11. The van der Waals surface area contributed by atoms with Crippen molar-refractivity contribution in [3.05, 3.63) is 5.69 Å². The second kappa shape index (κ2) is 2.90. The molecule has 0 aromatic carbocycles. The summed E-state index contributed by atoms with van der Waals surface area (Å²) in [5.41, 5.74) is 8.33. The van der Waals surface area contributed by atoms with E-state index in [0.717, 1.165) is 0 Å². The summed E-state index contributed by atoms with van der Waals surface area (Å²) in [4.78, 5) is 0. The van der Waals surface area contributed by atoms with Crippen molar-refractivity contribution in [2.24, 2.45) is 0 Å². The number of hydrogen-bond donors (Lipinski definition) is 1. The molecule has 0 aliphatic carbocycles. The molecule has 0 aliphatic heterocycles. The van der Waals surface area contributed by atoms with Gasteiger partial charge in [-0.25, -0.2) is 4.68 Å². The molecule has 0 radical (unpaired) electrons. The van der Waals surface area contributed by atoms with Gasteiger partial charge < -0.3 is 5.73 Å². The Bertz CT molecular complexity index is 472. The Morgan fingerprint density at radius 1 is 1.21 bits per heavy atom. The zero-order chi connectivity index (χ0) is 10.3. The Morgan fingerprint density at radius 3 is 2.57 bits per heavy atom. The van der Waals surface area contributed by atoms with Crippen LogP contribution in [0.25, 0.3) is 11.2 Å². The van der Waals surface area contributed by atoms with E-state index in [0.29, 0.717) is 22.5 Å². The van der Waals surface area contributed by atoms with E-state index in [4.69, 9.17) is 5.73 Å². The average Bonchev–Trinajstić information content (AvgIpc) is 2.55. The molecule has 6 heteroatoms. The van der Waals surface area contributed by atoms with E-state index in [9.17, 15) is 0 Å².